The fraction of sp³-hybridized carbons (Fsp3) is 0.333. The largest absolute Gasteiger partial charge is 0.466 e. The first-order valence-corrected chi connectivity index (χ1v) is 13.6. The van der Waals surface area contributed by atoms with E-state index >= 15 is 0 Å². The number of benzene rings is 2. The van der Waals surface area contributed by atoms with E-state index in [1.54, 1.807) is 24.3 Å². The Hall–Kier alpha value is -5.01. The number of alkyl halides is 3. The number of nitro groups is 1. The first-order chi connectivity index (χ1) is 20.9. The number of carbonyl (C=O) groups excluding carboxylic acids is 4. The first kappa shape index (κ1) is 31.9. The van der Waals surface area contributed by atoms with Crippen molar-refractivity contribution in [3.63, 3.8) is 0 Å². The van der Waals surface area contributed by atoms with E-state index < -0.39 is 45.9 Å². The van der Waals surface area contributed by atoms with Crippen LogP contribution in [0.5, 0.6) is 0 Å². The van der Waals surface area contributed by atoms with Crippen LogP contribution in [0.1, 0.15) is 64.8 Å². The maximum atomic E-state index is 14.2. The minimum Gasteiger partial charge on any atom is -0.466 e. The number of fused-ring (bicyclic) bond motifs is 1. The molecule has 2 amide bonds. The Bertz CT molecular complexity index is 1550. The molecule has 4 rings (SSSR count). The van der Waals surface area contributed by atoms with E-state index in [1.807, 2.05) is 0 Å². The number of methoxy groups -OCH3 is 1. The number of dihydropyridines is 1. The molecule has 2 heterocycles. The average Bonchev–Trinajstić information content (AvgIpc) is 3.23. The van der Waals surface area contributed by atoms with Crippen molar-refractivity contribution in [2.75, 3.05) is 20.3 Å². The number of halogens is 3. The van der Waals surface area contributed by atoms with Gasteiger partial charge in [-0.3, -0.25) is 24.6 Å². The van der Waals surface area contributed by atoms with Crippen molar-refractivity contribution in [3.05, 3.63) is 97.9 Å². The highest BCUT2D eigenvalue weighted by molar-refractivity contribution is 6.21. The predicted octanol–water partition coefficient (Wildman–Crippen LogP) is 4.94. The van der Waals surface area contributed by atoms with Crippen molar-refractivity contribution >= 4 is 29.4 Å². The summed E-state index contributed by atoms with van der Waals surface area (Å²) in [5.74, 6) is -4.81. The molecule has 1 atom stereocenters. The van der Waals surface area contributed by atoms with Gasteiger partial charge in [0.15, 0.2) is 0 Å². The normalized spacial score (nSPS) is 16.6. The minimum atomic E-state index is -5.07. The van der Waals surface area contributed by atoms with E-state index in [0.717, 1.165) is 24.1 Å². The number of hydrogen-bond donors (Lipinski definition) is 1. The summed E-state index contributed by atoms with van der Waals surface area (Å²) in [7, 11) is 1.02. The lowest BCUT2D eigenvalue weighted by Crippen LogP contribution is -2.38. The molecule has 11 nitrogen and oxygen atoms in total. The van der Waals surface area contributed by atoms with Crippen LogP contribution < -0.4 is 5.32 Å². The lowest BCUT2D eigenvalue weighted by Gasteiger charge is -2.32. The summed E-state index contributed by atoms with van der Waals surface area (Å²) >= 11 is 0. The second-order valence-corrected chi connectivity index (χ2v) is 10.1. The molecule has 232 valence electrons. The standard InChI is InChI=1S/C30H28F3N3O8/c1-17-22(28(39)43-2)23(18-10-9-11-19(16-18)36(41)42)24(25(34-17)30(31,32)33)29(40)44-15-8-4-3-7-14-35-26(37)20-12-5-6-13-21(20)27(35)38/h5-6,9-13,16,23,34H,3-4,7-8,14-15H2,1-2H3. The lowest BCUT2D eigenvalue weighted by molar-refractivity contribution is -0.384. The summed E-state index contributed by atoms with van der Waals surface area (Å²) < 4.78 is 52.6. The van der Waals surface area contributed by atoms with Crippen molar-refractivity contribution in [2.45, 2.75) is 44.7 Å². The van der Waals surface area contributed by atoms with E-state index in [2.05, 4.69) is 5.32 Å². The van der Waals surface area contributed by atoms with E-state index in [4.69, 9.17) is 9.47 Å². The monoisotopic (exact) mass is 615 g/mol. The second-order valence-electron chi connectivity index (χ2n) is 10.1. The molecule has 0 aromatic heterocycles. The van der Waals surface area contributed by atoms with Crippen LogP contribution in [0.2, 0.25) is 0 Å². The zero-order chi connectivity index (χ0) is 32.2. The molecule has 2 aromatic carbocycles. The molecule has 1 N–H and O–H groups in total. The Kier molecular flexibility index (Phi) is 9.50. The number of nitrogens with zero attached hydrogens (tertiary/aromatic N) is 2. The Morgan fingerprint density at radius 3 is 2.18 bits per heavy atom. The van der Waals surface area contributed by atoms with E-state index in [1.165, 1.54) is 19.1 Å². The number of carbonyl (C=O) groups is 4. The van der Waals surface area contributed by atoms with Gasteiger partial charge in [0, 0.05) is 24.4 Å². The third-order valence-corrected chi connectivity index (χ3v) is 7.27. The molecule has 0 spiro atoms. The summed E-state index contributed by atoms with van der Waals surface area (Å²) in [5, 5.41) is 13.5. The molecule has 0 saturated heterocycles. The summed E-state index contributed by atoms with van der Waals surface area (Å²) in [5.41, 5.74) is -2.83. The number of hydrogen-bond acceptors (Lipinski definition) is 9. The SMILES string of the molecule is COC(=O)C1=C(C)NC(C(F)(F)F)=C(C(=O)OCCCCCCN2C(=O)c3ccccc3C2=O)C1c1cccc([N+](=O)[O-])c1. The van der Waals surface area contributed by atoms with Crippen molar-refractivity contribution in [2.24, 2.45) is 0 Å². The first-order valence-electron chi connectivity index (χ1n) is 13.6. The maximum Gasteiger partial charge on any atom is 0.431 e. The minimum absolute atomic E-state index is 0.109. The second kappa shape index (κ2) is 13.1. The Morgan fingerprint density at radius 1 is 0.955 bits per heavy atom. The van der Waals surface area contributed by atoms with Crippen LogP contribution in [-0.4, -0.2) is 60.0 Å². The van der Waals surface area contributed by atoms with Gasteiger partial charge in [0.25, 0.3) is 17.5 Å². The molecule has 0 fully saturated rings. The Balaban J connectivity index is 1.45. The number of nitrogens with one attached hydrogen (secondary N) is 1. The summed E-state index contributed by atoms with van der Waals surface area (Å²) in [4.78, 5) is 62.7. The number of allylic oxidation sites excluding steroid dienone is 2. The molecule has 1 unspecified atom stereocenters. The fourth-order valence-corrected chi connectivity index (χ4v) is 5.21. The quantitative estimate of drug-likeness (QED) is 0.122. The van der Waals surface area contributed by atoms with Gasteiger partial charge in [0.05, 0.1) is 46.8 Å². The molecule has 14 heteroatoms. The third kappa shape index (κ3) is 6.48. The van der Waals surface area contributed by atoms with Gasteiger partial charge in [-0.05, 0) is 43.9 Å². The van der Waals surface area contributed by atoms with Crippen molar-refractivity contribution in [3.8, 4) is 0 Å². The maximum absolute atomic E-state index is 14.2. The molecule has 0 aliphatic carbocycles. The molecular formula is C30H28F3N3O8. The van der Waals surface area contributed by atoms with Gasteiger partial charge in [-0.2, -0.15) is 13.2 Å². The number of unbranched alkanes of at least 4 members (excludes halogenated alkanes) is 3. The lowest BCUT2D eigenvalue weighted by atomic mass is 9.80. The molecule has 0 bridgehead atoms. The zero-order valence-electron chi connectivity index (χ0n) is 23.7. The molecule has 44 heavy (non-hydrogen) atoms. The smallest absolute Gasteiger partial charge is 0.431 e. The van der Waals surface area contributed by atoms with Crippen LogP contribution in [0.3, 0.4) is 0 Å². The summed E-state index contributed by atoms with van der Waals surface area (Å²) in [6, 6.07) is 11.1. The topological polar surface area (TPSA) is 145 Å². The predicted molar refractivity (Wildman–Crippen MR) is 148 cm³/mol. The van der Waals surface area contributed by atoms with Gasteiger partial charge in [-0.25, -0.2) is 9.59 Å². The average molecular weight is 616 g/mol. The van der Waals surface area contributed by atoms with E-state index in [0.29, 0.717) is 30.4 Å². The van der Waals surface area contributed by atoms with E-state index in [-0.39, 0.29) is 48.2 Å². The van der Waals surface area contributed by atoms with Crippen molar-refractivity contribution in [1.82, 2.24) is 10.2 Å². The molecule has 2 aliphatic rings. The number of nitro benzene ring substituents is 1. The molecular weight excluding hydrogens is 587 g/mol. The number of rotatable bonds is 11. The molecule has 2 aliphatic heterocycles. The number of amides is 2. The van der Waals surface area contributed by atoms with Gasteiger partial charge >= 0.3 is 18.1 Å². The van der Waals surface area contributed by atoms with Gasteiger partial charge in [-0.1, -0.05) is 30.7 Å². The van der Waals surface area contributed by atoms with Gasteiger partial charge < -0.3 is 14.8 Å². The van der Waals surface area contributed by atoms with Crippen LogP contribution in [0.25, 0.3) is 0 Å². The summed E-state index contributed by atoms with van der Waals surface area (Å²) in [6.07, 6.45) is -3.33. The summed E-state index contributed by atoms with van der Waals surface area (Å²) in [6.45, 7) is 1.12. The molecule has 0 radical (unpaired) electrons. The highest BCUT2D eigenvalue weighted by Gasteiger charge is 2.47. The van der Waals surface area contributed by atoms with Crippen molar-refractivity contribution in [1.29, 1.82) is 0 Å². The van der Waals surface area contributed by atoms with Crippen LogP contribution >= 0.6 is 0 Å². The highest BCUT2D eigenvalue weighted by Crippen LogP contribution is 2.44. The Labute approximate surface area is 249 Å². The van der Waals surface area contributed by atoms with Crippen LogP contribution in [0, 0.1) is 10.1 Å². The van der Waals surface area contributed by atoms with Gasteiger partial charge in [0.1, 0.15) is 5.70 Å². The number of non-ortho nitro benzene ring substituents is 1. The highest BCUT2D eigenvalue weighted by atomic mass is 19.4. The van der Waals surface area contributed by atoms with Gasteiger partial charge in [-0.15, -0.1) is 0 Å². The number of ether oxygens (including phenoxy) is 2. The zero-order valence-corrected chi connectivity index (χ0v) is 23.7. The fourth-order valence-electron chi connectivity index (χ4n) is 5.21. The van der Waals surface area contributed by atoms with Crippen molar-refractivity contribution < 1.29 is 46.7 Å². The van der Waals surface area contributed by atoms with Crippen LogP contribution in [-0.2, 0) is 19.1 Å². The van der Waals surface area contributed by atoms with Gasteiger partial charge in [0.2, 0.25) is 0 Å². The Morgan fingerprint density at radius 2 is 1.59 bits per heavy atom. The van der Waals surface area contributed by atoms with Crippen LogP contribution in [0.4, 0.5) is 18.9 Å². The third-order valence-electron chi connectivity index (χ3n) is 7.27. The van der Waals surface area contributed by atoms with E-state index in [9.17, 15) is 42.5 Å². The molecule has 0 saturated carbocycles. The van der Waals surface area contributed by atoms with Crippen LogP contribution in [0.15, 0.2) is 71.1 Å². The number of imide groups is 1. The number of esters is 2. The molecule has 2 aromatic rings.